The second-order valence-corrected chi connectivity index (χ2v) is 8.03. The van der Waals surface area contributed by atoms with Gasteiger partial charge in [0.25, 0.3) is 0 Å². The molecule has 2 heterocycles. The summed E-state index contributed by atoms with van der Waals surface area (Å²) in [5.41, 5.74) is 2.21. The number of hydrogen-bond acceptors (Lipinski definition) is 3. The molecule has 2 atom stereocenters. The molecule has 0 fully saturated rings. The topological polar surface area (TPSA) is 51.0 Å². The average molecular weight is 395 g/mol. The first kappa shape index (κ1) is 18.7. The molecule has 0 spiro atoms. The number of rotatable bonds is 4. The maximum atomic E-state index is 13.2. The van der Waals surface area contributed by atoms with E-state index >= 15 is 0 Å². The number of carbonyl (C=O) groups excluding carboxylic acids is 1. The molecule has 28 heavy (non-hydrogen) atoms. The Labute approximate surface area is 170 Å². The number of carbonyl (C=O) groups is 1. The van der Waals surface area contributed by atoms with E-state index in [-0.39, 0.29) is 23.9 Å². The molecule has 1 amide bonds. The number of anilines is 1. The molecule has 0 N–H and O–H groups in total. The molecular formula is C22H23ClN4O. The second-order valence-electron chi connectivity index (χ2n) is 7.60. The lowest BCUT2D eigenvalue weighted by molar-refractivity contribution is -0.120. The highest BCUT2D eigenvalue weighted by molar-refractivity contribution is 6.30. The van der Waals surface area contributed by atoms with E-state index in [9.17, 15) is 4.79 Å². The van der Waals surface area contributed by atoms with Gasteiger partial charge in [0.2, 0.25) is 11.9 Å². The largest absolute Gasteiger partial charge is 0.274 e. The Balaban J connectivity index is 1.81. The number of nitrogens with zero attached hydrogens (tertiary/aromatic N) is 4. The summed E-state index contributed by atoms with van der Waals surface area (Å²) >= 11 is 6.10. The van der Waals surface area contributed by atoms with Crippen LogP contribution in [0, 0.1) is 5.92 Å². The smallest absolute Gasteiger partial charge is 0.231 e. The molecule has 0 bridgehead atoms. The van der Waals surface area contributed by atoms with Gasteiger partial charge in [0.05, 0.1) is 12.1 Å². The SMILES string of the molecule is CC(C)CC(=O)N1c2ncnn2[C@@H](c2ccccc2)C[C@@H]1c1ccc(Cl)cc1. The zero-order valence-electron chi connectivity index (χ0n) is 16.0. The van der Waals surface area contributed by atoms with E-state index in [0.717, 1.165) is 17.5 Å². The molecule has 0 unspecified atom stereocenters. The molecule has 3 aromatic rings. The molecule has 144 valence electrons. The number of halogens is 1. The van der Waals surface area contributed by atoms with Crippen molar-refractivity contribution in [2.24, 2.45) is 5.92 Å². The van der Waals surface area contributed by atoms with Crippen LogP contribution in [0.2, 0.25) is 5.02 Å². The van der Waals surface area contributed by atoms with Crippen LogP contribution in [0.15, 0.2) is 60.9 Å². The molecule has 1 aliphatic rings. The lowest BCUT2D eigenvalue weighted by Gasteiger charge is -2.39. The van der Waals surface area contributed by atoms with Gasteiger partial charge in [-0.05, 0) is 35.6 Å². The molecule has 4 rings (SSSR count). The molecule has 0 saturated carbocycles. The highest BCUT2D eigenvalue weighted by Gasteiger charge is 2.39. The van der Waals surface area contributed by atoms with Gasteiger partial charge < -0.3 is 0 Å². The Morgan fingerprint density at radius 3 is 2.43 bits per heavy atom. The molecule has 1 aromatic heterocycles. The predicted octanol–water partition coefficient (Wildman–Crippen LogP) is 5.05. The number of hydrogen-bond donors (Lipinski definition) is 0. The quantitative estimate of drug-likeness (QED) is 0.622. The van der Waals surface area contributed by atoms with Crippen molar-refractivity contribution in [3.63, 3.8) is 0 Å². The highest BCUT2D eigenvalue weighted by Crippen LogP contribution is 2.42. The van der Waals surface area contributed by atoms with Crippen LogP contribution < -0.4 is 4.90 Å². The standard InChI is InChI=1S/C22H23ClN4O/c1-15(2)12-21(28)26-19(17-8-10-18(23)11-9-17)13-20(16-6-4-3-5-7-16)27-22(26)24-14-25-27/h3-11,14-15,19-20H,12-13H2,1-2H3/t19-,20-/m1/s1. The Morgan fingerprint density at radius 1 is 1.07 bits per heavy atom. The van der Waals surface area contributed by atoms with E-state index < -0.39 is 0 Å². The van der Waals surface area contributed by atoms with E-state index in [1.165, 1.54) is 6.33 Å². The van der Waals surface area contributed by atoms with Crippen molar-refractivity contribution in [1.82, 2.24) is 14.8 Å². The minimum absolute atomic E-state index is 0.0162. The van der Waals surface area contributed by atoms with Gasteiger partial charge in [-0.2, -0.15) is 10.1 Å². The van der Waals surface area contributed by atoms with Crippen molar-refractivity contribution in [2.75, 3.05) is 4.90 Å². The van der Waals surface area contributed by atoms with E-state index in [1.807, 2.05) is 52.0 Å². The summed E-state index contributed by atoms with van der Waals surface area (Å²) in [4.78, 5) is 19.5. The van der Waals surface area contributed by atoms with Gasteiger partial charge in [-0.15, -0.1) is 0 Å². The molecule has 6 heteroatoms. The third kappa shape index (κ3) is 3.54. The molecule has 2 aromatic carbocycles. The van der Waals surface area contributed by atoms with Crippen molar-refractivity contribution in [2.45, 2.75) is 38.8 Å². The van der Waals surface area contributed by atoms with Crippen molar-refractivity contribution < 1.29 is 4.79 Å². The normalized spacial score (nSPS) is 18.9. The van der Waals surface area contributed by atoms with Gasteiger partial charge >= 0.3 is 0 Å². The van der Waals surface area contributed by atoms with Crippen molar-refractivity contribution in [3.8, 4) is 0 Å². The van der Waals surface area contributed by atoms with Gasteiger partial charge in [-0.1, -0.05) is 67.9 Å². The van der Waals surface area contributed by atoms with Gasteiger partial charge in [-0.3, -0.25) is 9.69 Å². The monoisotopic (exact) mass is 394 g/mol. The number of amides is 1. The third-order valence-corrected chi connectivity index (χ3v) is 5.37. The molecule has 0 radical (unpaired) electrons. The summed E-state index contributed by atoms with van der Waals surface area (Å²) < 4.78 is 1.87. The Bertz CT molecular complexity index is 952. The fraction of sp³-hybridized carbons (Fsp3) is 0.318. The highest BCUT2D eigenvalue weighted by atomic mass is 35.5. The van der Waals surface area contributed by atoms with E-state index in [1.54, 1.807) is 0 Å². The molecule has 0 saturated heterocycles. The van der Waals surface area contributed by atoms with Crippen molar-refractivity contribution in [3.05, 3.63) is 77.1 Å². The summed E-state index contributed by atoms with van der Waals surface area (Å²) in [7, 11) is 0. The number of fused-ring (bicyclic) bond motifs is 1. The summed E-state index contributed by atoms with van der Waals surface area (Å²) in [6.07, 6.45) is 2.73. The Kier molecular flexibility index (Phi) is 5.18. The Hall–Kier alpha value is -2.66. The van der Waals surface area contributed by atoms with Gasteiger partial charge in [0, 0.05) is 11.4 Å². The van der Waals surface area contributed by atoms with Gasteiger partial charge in [-0.25, -0.2) is 4.68 Å². The second kappa shape index (κ2) is 7.76. The summed E-state index contributed by atoms with van der Waals surface area (Å²) in [6.45, 7) is 4.10. The zero-order chi connectivity index (χ0) is 19.7. The first-order valence-electron chi connectivity index (χ1n) is 9.56. The fourth-order valence-corrected chi connectivity index (χ4v) is 3.97. The van der Waals surface area contributed by atoms with E-state index in [2.05, 4.69) is 36.1 Å². The molecule has 1 aliphatic heterocycles. The fourth-order valence-electron chi connectivity index (χ4n) is 3.85. The van der Waals surface area contributed by atoms with Crippen LogP contribution in [0.5, 0.6) is 0 Å². The van der Waals surface area contributed by atoms with E-state index in [4.69, 9.17) is 11.6 Å². The van der Waals surface area contributed by atoms with Crippen LogP contribution in [0.25, 0.3) is 0 Å². The maximum Gasteiger partial charge on any atom is 0.231 e. The lowest BCUT2D eigenvalue weighted by Crippen LogP contribution is -2.43. The third-order valence-electron chi connectivity index (χ3n) is 5.11. The predicted molar refractivity (Wildman–Crippen MR) is 110 cm³/mol. The van der Waals surface area contributed by atoms with Crippen molar-refractivity contribution >= 4 is 23.5 Å². The zero-order valence-corrected chi connectivity index (χ0v) is 16.8. The maximum absolute atomic E-state index is 13.2. The summed E-state index contributed by atoms with van der Waals surface area (Å²) in [6, 6.07) is 17.9. The minimum Gasteiger partial charge on any atom is -0.274 e. The van der Waals surface area contributed by atoms with Crippen LogP contribution in [-0.4, -0.2) is 20.7 Å². The van der Waals surface area contributed by atoms with Crippen molar-refractivity contribution in [1.29, 1.82) is 0 Å². The van der Waals surface area contributed by atoms with Crippen LogP contribution in [0.1, 0.15) is 49.9 Å². The lowest BCUT2D eigenvalue weighted by atomic mass is 9.91. The first-order valence-corrected chi connectivity index (χ1v) is 9.94. The van der Waals surface area contributed by atoms with E-state index in [0.29, 0.717) is 17.4 Å². The van der Waals surface area contributed by atoms with Crippen LogP contribution in [0.4, 0.5) is 5.95 Å². The summed E-state index contributed by atoms with van der Waals surface area (Å²) in [5.74, 6) is 0.933. The molecular weight excluding hydrogens is 372 g/mol. The molecule has 5 nitrogen and oxygen atoms in total. The molecule has 0 aliphatic carbocycles. The van der Waals surface area contributed by atoms with Crippen LogP contribution >= 0.6 is 11.6 Å². The van der Waals surface area contributed by atoms with Gasteiger partial charge in [0.1, 0.15) is 6.33 Å². The Morgan fingerprint density at radius 2 is 1.75 bits per heavy atom. The van der Waals surface area contributed by atoms with Gasteiger partial charge in [0.15, 0.2) is 0 Å². The van der Waals surface area contributed by atoms with Crippen LogP contribution in [0.3, 0.4) is 0 Å². The van der Waals surface area contributed by atoms with Crippen LogP contribution in [-0.2, 0) is 4.79 Å². The minimum atomic E-state index is -0.120. The first-order chi connectivity index (χ1) is 13.5. The number of aromatic nitrogens is 3. The summed E-state index contributed by atoms with van der Waals surface area (Å²) in [5, 5.41) is 5.14. The average Bonchev–Trinajstić information content (AvgIpc) is 3.17. The number of benzene rings is 2.